The van der Waals surface area contributed by atoms with Gasteiger partial charge < -0.3 is 18.8 Å². The molecule has 1 heterocycles. The lowest BCUT2D eigenvalue weighted by Gasteiger charge is -2.22. The third kappa shape index (κ3) is 5.66. The minimum absolute atomic E-state index is 0.0477. The summed E-state index contributed by atoms with van der Waals surface area (Å²) in [5, 5.41) is 0. The molecule has 0 saturated carbocycles. The molecule has 0 N–H and O–H groups in total. The van der Waals surface area contributed by atoms with E-state index in [-0.39, 0.29) is 28.3 Å². The summed E-state index contributed by atoms with van der Waals surface area (Å²) in [5.41, 5.74) is 1.34. The van der Waals surface area contributed by atoms with Gasteiger partial charge in [0.25, 0.3) is 15.9 Å². The number of rotatable bonds is 9. The summed E-state index contributed by atoms with van der Waals surface area (Å²) in [4.78, 5) is 29.8. The molecule has 204 valence electrons. The Hall–Kier alpha value is -4.16. The van der Waals surface area contributed by atoms with Gasteiger partial charge in [0.1, 0.15) is 6.54 Å². The standard InChI is InChI=1S/C27H27N3O7S2/c1-5-30(19-9-7-6-8-10-19)39(33,34)20-13-11-18(12-14-20)26(32)28-27-29(17-25(31)37-4)21-15-22(35-2)23(36-3)16-24(21)38-27/h6-16H,5,17H2,1-4H3. The predicted molar refractivity (Wildman–Crippen MR) is 148 cm³/mol. The maximum Gasteiger partial charge on any atom is 0.325 e. The number of nitrogens with zero attached hydrogens (tertiary/aromatic N) is 3. The summed E-state index contributed by atoms with van der Waals surface area (Å²) in [6.07, 6.45) is 0. The number of esters is 1. The maximum atomic E-state index is 13.3. The first-order chi connectivity index (χ1) is 18.7. The lowest BCUT2D eigenvalue weighted by Crippen LogP contribution is -2.30. The zero-order valence-corrected chi connectivity index (χ0v) is 23.4. The van der Waals surface area contributed by atoms with E-state index >= 15 is 0 Å². The molecule has 0 bridgehead atoms. The summed E-state index contributed by atoms with van der Waals surface area (Å²) < 4.78 is 45.7. The van der Waals surface area contributed by atoms with Gasteiger partial charge in [-0.1, -0.05) is 29.5 Å². The Bertz CT molecular complexity index is 1680. The molecule has 0 aliphatic rings. The van der Waals surface area contributed by atoms with Crippen molar-refractivity contribution in [1.29, 1.82) is 0 Å². The molecule has 0 unspecified atom stereocenters. The maximum absolute atomic E-state index is 13.3. The van der Waals surface area contributed by atoms with Crippen molar-refractivity contribution in [2.45, 2.75) is 18.4 Å². The molecule has 0 fully saturated rings. The van der Waals surface area contributed by atoms with Crippen molar-refractivity contribution >= 4 is 49.1 Å². The van der Waals surface area contributed by atoms with Crippen molar-refractivity contribution in [1.82, 2.24) is 4.57 Å². The number of thiazole rings is 1. The van der Waals surface area contributed by atoms with Gasteiger partial charge in [0, 0.05) is 24.2 Å². The van der Waals surface area contributed by atoms with E-state index in [0.29, 0.717) is 27.4 Å². The number of methoxy groups -OCH3 is 3. The highest BCUT2D eigenvalue weighted by Gasteiger charge is 2.24. The number of para-hydroxylation sites is 1. The van der Waals surface area contributed by atoms with E-state index in [1.165, 1.54) is 61.2 Å². The summed E-state index contributed by atoms with van der Waals surface area (Å²) in [5.74, 6) is -0.180. The predicted octanol–water partition coefficient (Wildman–Crippen LogP) is 3.85. The first-order valence-electron chi connectivity index (χ1n) is 11.8. The molecule has 0 aliphatic carbocycles. The molecule has 0 atom stereocenters. The van der Waals surface area contributed by atoms with Crippen molar-refractivity contribution in [3.8, 4) is 11.5 Å². The Morgan fingerprint density at radius 1 is 0.949 bits per heavy atom. The molecule has 0 spiro atoms. The number of hydrogen-bond acceptors (Lipinski definition) is 8. The van der Waals surface area contributed by atoms with Gasteiger partial charge in [-0.25, -0.2) is 8.42 Å². The Balaban J connectivity index is 1.72. The van der Waals surface area contributed by atoms with Crippen molar-refractivity contribution < 1.29 is 32.2 Å². The van der Waals surface area contributed by atoms with Gasteiger partial charge in [-0.15, -0.1) is 0 Å². The van der Waals surface area contributed by atoms with Gasteiger partial charge in [-0.2, -0.15) is 4.99 Å². The molecule has 0 aliphatic heterocycles. The number of aromatic nitrogens is 1. The SMILES string of the molecule is CCN(c1ccccc1)S(=O)(=O)c1ccc(C(=O)N=c2sc3cc(OC)c(OC)cc3n2CC(=O)OC)cc1. The Morgan fingerprint density at radius 2 is 1.59 bits per heavy atom. The average Bonchev–Trinajstić information content (AvgIpc) is 3.28. The molecule has 4 aromatic rings. The monoisotopic (exact) mass is 569 g/mol. The number of fused-ring (bicyclic) bond motifs is 1. The van der Waals surface area contributed by atoms with Crippen molar-refractivity contribution in [2.75, 3.05) is 32.2 Å². The van der Waals surface area contributed by atoms with Gasteiger partial charge >= 0.3 is 5.97 Å². The van der Waals surface area contributed by atoms with E-state index in [2.05, 4.69) is 4.99 Å². The zero-order chi connectivity index (χ0) is 28.2. The van der Waals surface area contributed by atoms with Crippen molar-refractivity contribution in [3.05, 3.63) is 77.1 Å². The van der Waals surface area contributed by atoms with Crippen LogP contribution in [-0.4, -0.2) is 52.7 Å². The van der Waals surface area contributed by atoms with E-state index in [9.17, 15) is 18.0 Å². The van der Waals surface area contributed by atoms with Gasteiger partial charge in [0.15, 0.2) is 16.3 Å². The molecule has 4 rings (SSSR count). The number of hydrogen-bond donors (Lipinski definition) is 0. The molecule has 0 saturated heterocycles. The van der Waals surface area contributed by atoms with Crippen LogP contribution in [0, 0.1) is 0 Å². The highest BCUT2D eigenvalue weighted by atomic mass is 32.2. The minimum atomic E-state index is -3.85. The molecule has 39 heavy (non-hydrogen) atoms. The van der Waals surface area contributed by atoms with Crippen LogP contribution in [0.2, 0.25) is 0 Å². The van der Waals surface area contributed by atoms with Crippen LogP contribution in [-0.2, 0) is 26.1 Å². The lowest BCUT2D eigenvalue weighted by atomic mass is 10.2. The number of ether oxygens (including phenoxy) is 3. The second kappa shape index (κ2) is 11.7. The fourth-order valence-corrected chi connectivity index (χ4v) is 6.47. The van der Waals surface area contributed by atoms with Gasteiger partial charge in [-0.05, 0) is 43.3 Å². The molecule has 1 aromatic heterocycles. The number of carbonyl (C=O) groups is 2. The molecule has 3 aromatic carbocycles. The molecule has 12 heteroatoms. The fraction of sp³-hybridized carbons (Fsp3) is 0.222. The zero-order valence-electron chi connectivity index (χ0n) is 21.8. The van der Waals surface area contributed by atoms with E-state index in [1.54, 1.807) is 47.9 Å². The summed E-state index contributed by atoms with van der Waals surface area (Å²) in [6, 6.07) is 17.8. The van der Waals surface area contributed by atoms with Gasteiger partial charge in [-0.3, -0.25) is 13.9 Å². The molecule has 0 radical (unpaired) electrons. The number of carbonyl (C=O) groups excluding carboxylic acids is 2. The van der Waals surface area contributed by atoms with E-state index in [0.717, 1.165) is 0 Å². The molecule has 1 amide bonds. The van der Waals surface area contributed by atoms with Gasteiger partial charge in [0.2, 0.25) is 0 Å². The fourth-order valence-electron chi connectivity index (χ4n) is 3.96. The van der Waals surface area contributed by atoms with Crippen LogP contribution in [0.15, 0.2) is 76.6 Å². The number of anilines is 1. The number of sulfonamides is 1. The smallest absolute Gasteiger partial charge is 0.325 e. The first kappa shape index (κ1) is 27.9. The quantitative estimate of drug-likeness (QED) is 0.281. The highest BCUT2D eigenvalue weighted by Crippen LogP contribution is 2.33. The van der Waals surface area contributed by atoms with Crippen LogP contribution in [0.1, 0.15) is 17.3 Å². The second-order valence-corrected chi connectivity index (χ2v) is 11.0. The normalized spacial score (nSPS) is 11.8. The van der Waals surface area contributed by atoms with Gasteiger partial charge in [0.05, 0.1) is 42.1 Å². The van der Waals surface area contributed by atoms with Crippen LogP contribution in [0.5, 0.6) is 11.5 Å². The second-order valence-electron chi connectivity index (χ2n) is 8.17. The Morgan fingerprint density at radius 3 is 2.18 bits per heavy atom. The lowest BCUT2D eigenvalue weighted by molar-refractivity contribution is -0.141. The van der Waals surface area contributed by atoms with E-state index < -0.39 is 21.9 Å². The minimum Gasteiger partial charge on any atom is -0.493 e. The van der Waals surface area contributed by atoms with Crippen molar-refractivity contribution in [2.24, 2.45) is 4.99 Å². The van der Waals surface area contributed by atoms with Crippen LogP contribution >= 0.6 is 11.3 Å². The van der Waals surface area contributed by atoms with Crippen LogP contribution in [0.25, 0.3) is 10.2 Å². The molecule has 10 nitrogen and oxygen atoms in total. The third-order valence-electron chi connectivity index (χ3n) is 5.92. The number of benzene rings is 3. The summed E-state index contributed by atoms with van der Waals surface area (Å²) >= 11 is 1.19. The van der Waals surface area contributed by atoms with Crippen LogP contribution < -0.4 is 18.6 Å². The third-order valence-corrected chi connectivity index (χ3v) is 8.88. The highest BCUT2D eigenvalue weighted by molar-refractivity contribution is 7.92. The largest absolute Gasteiger partial charge is 0.493 e. The summed E-state index contributed by atoms with van der Waals surface area (Å²) in [7, 11) is 0.440. The number of amides is 1. The first-order valence-corrected chi connectivity index (χ1v) is 14.1. The van der Waals surface area contributed by atoms with E-state index in [1.807, 2.05) is 6.07 Å². The van der Waals surface area contributed by atoms with Crippen LogP contribution in [0.3, 0.4) is 0 Å². The summed E-state index contributed by atoms with van der Waals surface area (Å²) in [6.45, 7) is 1.81. The topological polar surface area (TPSA) is 117 Å². The van der Waals surface area contributed by atoms with E-state index in [4.69, 9.17) is 14.2 Å². The van der Waals surface area contributed by atoms with Crippen LogP contribution in [0.4, 0.5) is 5.69 Å². The van der Waals surface area contributed by atoms with Crippen molar-refractivity contribution in [3.63, 3.8) is 0 Å². The molecular formula is C27H27N3O7S2. The molecular weight excluding hydrogens is 542 g/mol. The Kier molecular flexibility index (Phi) is 8.36. The average molecular weight is 570 g/mol. The Labute approximate surface area is 229 Å².